The van der Waals surface area contributed by atoms with E-state index in [-0.39, 0.29) is 6.61 Å². The molecule has 0 saturated carbocycles. The molecular weight excluding hydrogens is 242 g/mol. The first-order valence-electron chi connectivity index (χ1n) is 5.77. The second kappa shape index (κ2) is 6.35. The second-order valence-electron chi connectivity index (χ2n) is 3.87. The van der Waals surface area contributed by atoms with Gasteiger partial charge in [0.2, 0.25) is 0 Å². The average Bonchev–Trinajstić information content (AvgIpc) is 2.45. The molecular formula is C15H13NO3. The first-order chi connectivity index (χ1) is 9.24. The largest absolute Gasteiger partial charge is 0.482 e. The zero-order chi connectivity index (χ0) is 13.5. The molecule has 0 atom stereocenters. The fourth-order valence-electron chi connectivity index (χ4n) is 1.49. The van der Waals surface area contributed by atoms with Crippen LogP contribution in [0.5, 0.6) is 5.75 Å². The SMILES string of the molecule is O=C(O)COc1ccc(C=Cc2ccncc2)cc1. The molecule has 2 aromatic rings. The smallest absolute Gasteiger partial charge is 0.341 e. The molecule has 0 amide bonds. The van der Waals surface area contributed by atoms with E-state index in [9.17, 15) is 4.79 Å². The maximum atomic E-state index is 10.4. The minimum absolute atomic E-state index is 0.327. The van der Waals surface area contributed by atoms with Crippen LogP contribution in [0.25, 0.3) is 12.2 Å². The lowest BCUT2D eigenvalue weighted by atomic mass is 10.1. The molecule has 0 aliphatic rings. The highest BCUT2D eigenvalue weighted by Crippen LogP contribution is 2.14. The Hall–Kier alpha value is -2.62. The normalized spacial score (nSPS) is 10.5. The summed E-state index contributed by atoms with van der Waals surface area (Å²) >= 11 is 0. The van der Waals surface area contributed by atoms with Crippen LogP contribution < -0.4 is 4.74 Å². The summed E-state index contributed by atoms with van der Waals surface area (Å²) < 4.78 is 5.05. The van der Waals surface area contributed by atoms with E-state index in [1.807, 2.05) is 36.4 Å². The minimum atomic E-state index is -0.985. The molecule has 0 spiro atoms. The summed E-state index contributed by atoms with van der Waals surface area (Å²) in [6.07, 6.45) is 7.43. The van der Waals surface area contributed by atoms with E-state index >= 15 is 0 Å². The average molecular weight is 255 g/mol. The summed E-state index contributed by atoms with van der Waals surface area (Å²) in [5, 5.41) is 8.50. The predicted octanol–water partition coefficient (Wildman–Crippen LogP) is 2.72. The van der Waals surface area contributed by atoms with Crippen molar-refractivity contribution in [2.24, 2.45) is 0 Å². The number of hydrogen-bond acceptors (Lipinski definition) is 3. The predicted molar refractivity (Wildman–Crippen MR) is 72.7 cm³/mol. The lowest BCUT2D eigenvalue weighted by Crippen LogP contribution is -2.09. The van der Waals surface area contributed by atoms with Crippen LogP contribution in [0.2, 0.25) is 0 Å². The highest BCUT2D eigenvalue weighted by molar-refractivity contribution is 5.70. The van der Waals surface area contributed by atoms with Crippen molar-refractivity contribution in [3.8, 4) is 5.75 Å². The highest BCUT2D eigenvalue weighted by Gasteiger charge is 1.98. The number of rotatable bonds is 5. The molecule has 0 aliphatic heterocycles. The van der Waals surface area contributed by atoms with Gasteiger partial charge in [-0.05, 0) is 35.4 Å². The van der Waals surface area contributed by atoms with E-state index in [4.69, 9.17) is 9.84 Å². The van der Waals surface area contributed by atoms with Gasteiger partial charge < -0.3 is 9.84 Å². The van der Waals surface area contributed by atoms with Crippen molar-refractivity contribution >= 4 is 18.1 Å². The van der Waals surface area contributed by atoms with Crippen LogP contribution in [0.15, 0.2) is 48.8 Å². The third-order valence-electron chi connectivity index (χ3n) is 2.42. The quantitative estimate of drug-likeness (QED) is 0.892. The molecule has 0 aliphatic carbocycles. The summed E-state index contributed by atoms with van der Waals surface area (Å²) in [7, 11) is 0. The molecule has 1 heterocycles. The Balaban J connectivity index is 1.99. The molecule has 19 heavy (non-hydrogen) atoms. The van der Waals surface area contributed by atoms with Gasteiger partial charge in [-0.25, -0.2) is 4.79 Å². The van der Waals surface area contributed by atoms with Crippen molar-refractivity contribution < 1.29 is 14.6 Å². The fraction of sp³-hybridized carbons (Fsp3) is 0.0667. The van der Waals surface area contributed by atoms with Crippen molar-refractivity contribution in [2.75, 3.05) is 6.61 Å². The second-order valence-corrected chi connectivity index (χ2v) is 3.87. The lowest BCUT2D eigenvalue weighted by molar-refractivity contribution is -0.139. The van der Waals surface area contributed by atoms with Crippen LogP contribution in [-0.4, -0.2) is 22.7 Å². The van der Waals surface area contributed by atoms with Crippen LogP contribution in [0.1, 0.15) is 11.1 Å². The summed E-state index contributed by atoms with van der Waals surface area (Å²) in [5.74, 6) is -0.440. The van der Waals surface area contributed by atoms with Crippen molar-refractivity contribution in [3.05, 3.63) is 59.9 Å². The summed E-state index contributed by atoms with van der Waals surface area (Å²) in [6.45, 7) is -0.327. The van der Waals surface area contributed by atoms with Crippen molar-refractivity contribution in [2.45, 2.75) is 0 Å². The Labute approximate surface area is 111 Å². The summed E-state index contributed by atoms with van der Waals surface area (Å²) in [6, 6.07) is 11.1. The van der Waals surface area contributed by atoms with E-state index in [0.29, 0.717) is 5.75 Å². The van der Waals surface area contributed by atoms with E-state index in [2.05, 4.69) is 4.98 Å². The van der Waals surface area contributed by atoms with E-state index < -0.39 is 5.97 Å². The molecule has 0 fully saturated rings. The van der Waals surface area contributed by atoms with Crippen LogP contribution in [0, 0.1) is 0 Å². The first-order valence-corrected chi connectivity index (χ1v) is 5.77. The molecule has 2 rings (SSSR count). The van der Waals surface area contributed by atoms with Crippen molar-refractivity contribution in [1.82, 2.24) is 4.98 Å². The molecule has 0 bridgehead atoms. The number of ether oxygens (including phenoxy) is 1. The van der Waals surface area contributed by atoms with Crippen molar-refractivity contribution in [3.63, 3.8) is 0 Å². The van der Waals surface area contributed by atoms with Gasteiger partial charge in [0.25, 0.3) is 0 Å². The molecule has 1 aromatic heterocycles. The molecule has 96 valence electrons. The van der Waals surface area contributed by atoms with Crippen molar-refractivity contribution in [1.29, 1.82) is 0 Å². The van der Waals surface area contributed by atoms with Gasteiger partial charge in [-0.15, -0.1) is 0 Å². The maximum Gasteiger partial charge on any atom is 0.341 e. The Kier molecular flexibility index (Phi) is 4.29. The number of hydrogen-bond donors (Lipinski definition) is 1. The van der Waals surface area contributed by atoms with Crippen LogP contribution in [-0.2, 0) is 4.79 Å². The number of nitrogens with zero attached hydrogens (tertiary/aromatic N) is 1. The molecule has 4 nitrogen and oxygen atoms in total. The van der Waals surface area contributed by atoms with Gasteiger partial charge in [0.05, 0.1) is 0 Å². The number of benzene rings is 1. The van der Waals surface area contributed by atoms with Gasteiger partial charge >= 0.3 is 5.97 Å². The van der Waals surface area contributed by atoms with E-state index in [1.165, 1.54) is 0 Å². The Morgan fingerprint density at radius 3 is 2.21 bits per heavy atom. The van der Waals surface area contributed by atoms with E-state index in [1.54, 1.807) is 24.5 Å². The Bertz CT molecular complexity index is 562. The van der Waals surface area contributed by atoms with Gasteiger partial charge in [0, 0.05) is 12.4 Å². The molecule has 1 aromatic carbocycles. The number of pyridine rings is 1. The first kappa shape index (κ1) is 12.8. The lowest BCUT2D eigenvalue weighted by Gasteiger charge is -2.02. The maximum absolute atomic E-state index is 10.4. The highest BCUT2D eigenvalue weighted by atomic mass is 16.5. The monoisotopic (exact) mass is 255 g/mol. The zero-order valence-corrected chi connectivity index (χ0v) is 10.2. The van der Waals surface area contributed by atoms with Gasteiger partial charge in [-0.2, -0.15) is 0 Å². The molecule has 4 heteroatoms. The number of carboxylic acid groups (broad SMARTS) is 1. The minimum Gasteiger partial charge on any atom is -0.482 e. The summed E-state index contributed by atoms with van der Waals surface area (Å²) in [4.78, 5) is 14.3. The third kappa shape index (κ3) is 4.27. The topological polar surface area (TPSA) is 59.4 Å². The van der Waals surface area contributed by atoms with E-state index in [0.717, 1.165) is 11.1 Å². The Morgan fingerprint density at radius 2 is 1.63 bits per heavy atom. The van der Waals surface area contributed by atoms with Gasteiger partial charge in [0.1, 0.15) is 5.75 Å². The van der Waals surface area contributed by atoms with Gasteiger partial charge in [-0.3, -0.25) is 4.98 Å². The number of carboxylic acids is 1. The molecule has 0 radical (unpaired) electrons. The zero-order valence-electron chi connectivity index (χ0n) is 10.2. The van der Waals surface area contributed by atoms with Crippen LogP contribution >= 0.6 is 0 Å². The summed E-state index contributed by atoms with van der Waals surface area (Å²) in [5.41, 5.74) is 2.08. The van der Waals surface area contributed by atoms with Crippen LogP contribution in [0.4, 0.5) is 0 Å². The van der Waals surface area contributed by atoms with Crippen LogP contribution in [0.3, 0.4) is 0 Å². The fourth-order valence-corrected chi connectivity index (χ4v) is 1.49. The molecule has 0 saturated heterocycles. The number of carbonyl (C=O) groups is 1. The number of aromatic nitrogens is 1. The standard InChI is InChI=1S/C15H13NO3/c17-15(18)11-19-14-5-3-12(4-6-14)1-2-13-7-9-16-10-8-13/h1-10H,11H2,(H,17,18). The number of aliphatic carboxylic acids is 1. The Morgan fingerprint density at radius 1 is 1.05 bits per heavy atom. The molecule has 0 unspecified atom stereocenters. The third-order valence-corrected chi connectivity index (χ3v) is 2.42. The van der Waals surface area contributed by atoms with Gasteiger partial charge in [0.15, 0.2) is 6.61 Å². The van der Waals surface area contributed by atoms with Gasteiger partial charge in [-0.1, -0.05) is 24.3 Å². The molecule has 1 N–H and O–H groups in total.